The molecule has 1 amide bonds. The molecular formula is C22H27N3O6S. The Morgan fingerprint density at radius 2 is 1.91 bits per heavy atom. The van der Waals surface area contributed by atoms with Crippen molar-refractivity contribution in [2.24, 2.45) is 5.92 Å². The number of aromatic nitrogens is 2. The number of nitrogens with zero attached hydrogens (tertiary/aromatic N) is 2. The molecule has 0 aliphatic carbocycles. The largest absolute Gasteiger partial charge is 0.485 e. The normalized spacial score (nSPS) is 11.8. The smallest absolute Gasteiger partial charge is 0.287 e. The summed E-state index contributed by atoms with van der Waals surface area (Å²) >= 11 is 0. The van der Waals surface area contributed by atoms with Crippen LogP contribution in [0.5, 0.6) is 5.75 Å². The van der Waals surface area contributed by atoms with E-state index in [1.807, 2.05) is 13.8 Å². The molecule has 0 aliphatic rings. The van der Waals surface area contributed by atoms with E-state index in [1.165, 1.54) is 24.3 Å². The fourth-order valence-electron chi connectivity index (χ4n) is 3.29. The zero-order valence-electron chi connectivity index (χ0n) is 18.5. The average molecular weight is 462 g/mol. The third kappa shape index (κ3) is 5.01. The molecule has 0 atom stereocenters. The van der Waals surface area contributed by atoms with Gasteiger partial charge in [-0.25, -0.2) is 13.4 Å². The van der Waals surface area contributed by atoms with Gasteiger partial charge in [0.2, 0.25) is 5.91 Å². The van der Waals surface area contributed by atoms with Gasteiger partial charge < -0.3 is 14.6 Å². The number of ether oxygens (including phenoxy) is 1. The molecule has 10 heteroatoms. The molecule has 9 nitrogen and oxygen atoms in total. The molecule has 0 unspecified atom stereocenters. The van der Waals surface area contributed by atoms with Crippen LogP contribution in [0.1, 0.15) is 45.1 Å². The van der Waals surface area contributed by atoms with E-state index < -0.39 is 9.84 Å². The van der Waals surface area contributed by atoms with Crippen molar-refractivity contribution in [2.75, 3.05) is 11.1 Å². The van der Waals surface area contributed by atoms with Gasteiger partial charge in [0.15, 0.2) is 15.5 Å². The molecule has 1 N–H and O–H groups in total. The zero-order valence-corrected chi connectivity index (χ0v) is 19.4. The van der Waals surface area contributed by atoms with Gasteiger partial charge in [-0.05, 0) is 38.0 Å². The van der Waals surface area contributed by atoms with Crippen molar-refractivity contribution in [1.82, 2.24) is 9.56 Å². The maximum absolute atomic E-state index is 12.6. The highest BCUT2D eigenvalue weighted by Gasteiger charge is 2.20. The lowest BCUT2D eigenvalue weighted by molar-refractivity contribution is -0.120. The zero-order chi connectivity index (χ0) is 23.5. The number of aryl methyl sites for hydroxylation is 1. The number of anilines is 1. The maximum Gasteiger partial charge on any atom is 0.287 e. The summed E-state index contributed by atoms with van der Waals surface area (Å²) < 4.78 is 36.9. The molecule has 3 rings (SSSR count). The fourth-order valence-corrected chi connectivity index (χ4v) is 4.19. The number of carbonyl (C=O) groups excluding carboxylic acids is 1. The van der Waals surface area contributed by atoms with Crippen LogP contribution in [0.2, 0.25) is 0 Å². The summed E-state index contributed by atoms with van der Waals surface area (Å²) in [5, 5.41) is 2.80. The molecule has 2 aromatic heterocycles. The van der Waals surface area contributed by atoms with Gasteiger partial charge in [-0.1, -0.05) is 20.8 Å². The number of nitrogens with one attached hydrogen (secondary N) is 1. The van der Waals surface area contributed by atoms with E-state index in [0.717, 1.165) is 4.57 Å². The molecule has 2 heterocycles. The summed E-state index contributed by atoms with van der Waals surface area (Å²) in [4.78, 5) is 29.3. The van der Waals surface area contributed by atoms with Crippen molar-refractivity contribution in [1.29, 1.82) is 0 Å². The highest BCUT2D eigenvalue weighted by atomic mass is 32.2. The van der Waals surface area contributed by atoms with E-state index in [0.29, 0.717) is 29.9 Å². The molecule has 0 aliphatic heterocycles. The predicted molar refractivity (Wildman–Crippen MR) is 120 cm³/mol. The number of hydrogen-bond acceptors (Lipinski definition) is 7. The van der Waals surface area contributed by atoms with Gasteiger partial charge in [-0.2, -0.15) is 0 Å². The molecular weight excluding hydrogens is 434 g/mol. The Bertz CT molecular complexity index is 1290. The number of rotatable bonds is 9. The minimum absolute atomic E-state index is 0.0519. The fraction of sp³-hybridized carbons (Fsp3) is 0.409. The summed E-state index contributed by atoms with van der Waals surface area (Å²) in [6.45, 7) is 7.05. The minimum Gasteiger partial charge on any atom is -0.485 e. The molecule has 32 heavy (non-hydrogen) atoms. The molecule has 0 radical (unpaired) electrons. The molecule has 172 valence electrons. The summed E-state index contributed by atoms with van der Waals surface area (Å²) in [6, 6.07) is 7.27. The lowest BCUT2D eigenvalue weighted by atomic mass is 10.0. The van der Waals surface area contributed by atoms with Crippen molar-refractivity contribution >= 4 is 27.1 Å². The minimum atomic E-state index is -3.47. The second kappa shape index (κ2) is 9.56. The topological polar surface area (TPSA) is 120 Å². The van der Waals surface area contributed by atoms with Crippen molar-refractivity contribution in [3.8, 4) is 5.75 Å². The first-order chi connectivity index (χ1) is 15.2. The molecule has 0 bridgehead atoms. The lowest BCUT2D eigenvalue weighted by Crippen LogP contribution is -2.22. The summed E-state index contributed by atoms with van der Waals surface area (Å²) in [5.41, 5.74) is 0.611. The highest BCUT2D eigenvalue weighted by molar-refractivity contribution is 7.91. The monoisotopic (exact) mass is 461 g/mol. The number of hydrogen-bond donors (Lipinski definition) is 1. The van der Waals surface area contributed by atoms with E-state index in [-0.39, 0.29) is 46.1 Å². The molecule has 3 aromatic rings. The number of carbonyl (C=O) groups is 1. The predicted octanol–water partition coefficient (Wildman–Crippen LogP) is 3.34. The van der Waals surface area contributed by atoms with Crippen LogP contribution >= 0.6 is 0 Å². The third-order valence-corrected chi connectivity index (χ3v) is 6.94. The van der Waals surface area contributed by atoms with Gasteiger partial charge in [0.25, 0.3) is 5.56 Å². The van der Waals surface area contributed by atoms with Crippen LogP contribution in [0.3, 0.4) is 0 Å². The van der Waals surface area contributed by atoms with Crippen molar-refractivity contribution in [3.63, 3.8) is 0 Å². The number of fused-ring (bicyclic) bond motifs is 1. The molecule has 1 aromatic carbocycles. The lowest BCUT2D eigenvalue weighted by Gasteiger charge is -2.17. The van der Waals surface area contributed by atoms with Gasteiger partial charge in [0.1, 0.15) is 18.1 Å². The second-order valence-electron chi connectivity index (χ2n) is 7.44. The molecule has 0 saturated heterocycles. The van der Waals surface area contributed by atoms with Crippen molar-refractivity contribution in [2.45, 2.75) is 52.0 Å². The van der Waals surface area contributed by atoms with Crippen LogP contribution in [0.25, 0.3) is 5.65 Å². The number of benzene rings is 1. The van der Waals surface area contributed by atoms with Gasteiger partial charge in [0, 0.05) is 18.1 Å². The summed E-state index contributed by atoms with van der Waals surface area (Å²) in [7, 11) is -3.47. The third-order valence-electron chi connectivity index (χ3n) is 5.20. The number of sulfone groups is 1. The van der Waals surface area contributed by atoms with Crippen LogP contribution < -0.4 is 15.6 Å². The number of amides is 1. The second-order valence-corrected chi connectivity index (χ2v) is 9.72. The Labute approximate surface area is 186 Å². The van der Waals surface area contributed by atoms with E-state index in [1.54, 1.807) is 19.9 Å². The molecule has 0 spiro atoms. The van der Waals surface area contributed by atoms with Crippen molar-refractivity contribution in [3.05, 3.63) is 52.1 Å². The van der Waals surface area contributed by atoms with Crippen LogP contribution in [-0.2, 0) is 21.2 Å². The molecule has 0 saturated carbocycles. The Morgan fingerprint density at radius 1 is 1.19 bits per heavy atom. The SMILES string of the molecule is CCC(CC)C(=O)Nc1cc(S(=O)(=O)CC)ccc1OCc1cc(=O)n2oc(C)cc2n1. The van der Waals surface area contributed by atoms with E-state index in [4.69, 9.17) is 9.26 Å². The first-order valence-electron chi connectivity index (χ1n) is 10.5. The first kappa shape index (κ1) is 23.5. The van der Waals surface area contributed by atoms with E-state index in [2.05, 4.69) is 10.3 Å². The quantitative estimate of drug-likeness (QED) is 0.519. The van der Waals surface area contributed by atoms with Crippen LogP contribution in [0, 0.1) is 12.8 Å². The van der Waals surface area contributed by atoms with E-state index in [9.17, 15) is 18.0 Å². The van der Waals surface area contributed by atoms with Gasteiger partial charge in [-0.15, -0.1) is 4.57 Å². The van der Waals surface area contributed by atoms with Gasteiger partial charge >= 0.3 is 0 Å². The Kier molecular flexibility index (Phi) is 7.02. The van der Waals surface area contributed by atoms with Crippen LogP contribution in [0.15, 0.2) is 44.5 Å². The van der Waals surface area contributed by atoms with Gasteiger partial charge in [0.05, 0.1) is 22.0 Å². The van der Waals surface area contributed by atoms with E-state index >= 15 is 0 Å². The Morgan fingerprint density at radius 3 is 2.56 bits per heavy atom. The summed E-state index contributed by atoms with van der Waals surface area (Å²) in [6.07, 6.45) is 1.31. The van der Waals surface area contributed by atoms with Crippen molar-refractivity contribution < 1.29 is 22.5 Å². The average Bonchev–Trinajstić information content (AvgIpc) is 3.14. The Hall–Kier alpha value is -3.14. The standard InChI is InChI=1S/C22H27N3O6S/c1-5-15(6-2)22(27)24-18-12-17(32(28,29)7-3)8-9-19(18)30-13-16-11-21(26)25-20(23-16)10-14(4)31-25/h8-12,15H,5-7,13H2,1-4H3,(H,24,27). The van der Waals surface area contributed by atoms with Gasteiger partial charge in [-0.3, -0.25) is 9.59 Å². The van der Waals surface area contributed by atoms with Crippen LogP contribution in [-0.4, -0.2) is 29.6 Å². The van der Waals surface area contributed by atoms with Crippen LogP contribution in [0.4, 0.5) is 5.69 Å². The molecule has 0 fully saturated rings. The Balaban J connectivity index is 1.92. The highest BCUT2D eigenvalue weighted by Crippen LogP contribution is 2.30. The maximum atomic E-state index is 12.6. The first-order valence-corrected chi connectivity index (χ1v) is 12.1. The summed E-state index contributed by atoms with van der Waals surface area (Å²) in [5.74, 6) is 0.349.